The van der Waals surface area contributed by atoms with E-state index in [1.54, 1.807) is 0 Å². The fraction of sp³-hybridized carbons (Fsp3) is 0.562. The molecule has 0 heterocycles. The molecule has 0 radical (unpaired) electrons. The molecule has 3 heteroatoms. The highest BCUT2D eigenvalue weighted by atomic mass is 16.5. The lowest BCUT2D eigenvalue weighted by Crippen LogP contribution is -1.99. The average Bonchev–Trinajstić information content (AvgIpc) is 2.39. The van der Waals surface area contributed by atoms with Gasteiger partial charge in [0.05, 0.1) is 19.4 Å². The minimum absolute atomic E-state index is 0.112. The van der Waals surface area contributed by atoms with Crippen molar-refractivity contribution in [2.45, 2.75) is 45.4 Å². The van der Waals surface area contributed by atoms with E-state index in [-0.39, 0.29) is 12.6 Å². The SMILES string of the molecule is CC(=O)OCCCCCC#CCC#CCC#CCO. The molecule has 0 aromatic rings. The number of rotatable bonds is 5. The number of carbonyl (C=O) groups is 1. The van der Waals surface area contributed by atoms with Gasteiger partial charge in [0.1, 0.15) is 6.61 Å². The second-order valence-corrected chi connectivity index (χ2v) is 3.72. The van der Waals surface area contributed by atoms with Crippen molar-refractivity contribution in [3.8, 4) is 35.5 Å². The normalized spacial score (nSPS) is 8.11. The molecule has 0 aliphatic carbocycles. The molecule has 0 aromatic carbocycles. The zero-order valence-electron chi connectivity index (χ0n) is 11.4. The summed E-state index contributed by atoms with van der Waals surface area (Å²) in [6.07, 6.45) is 4.83. The molecule has 102 valence electrons. The summed E-state index contributed by atoms with van der Waals surface area (Å²) in [7, 11) is 0. The van der Waals surface area contributed by atoms with Gasteiger partial charge in [-0.15, -0.1) is 5.92 Å². The zero-order valence-corrected chi connectivity index (χ0v) is 11.4. The van der Waals surface area contributed by atoms with Crippen LogP contribution in [0.1, 0.15) is 45.4 Å². The predicted molar refractivity (Wildman–Crippen MR) is 74.7 cm³/mol. The molecule has 0 spiro atoms. The van der Waals surface area contributed by atoms with Crippen molar-refractivity contribution in [1.29, 1.82) is 0 Å². The first-order valence-electron chi connectivity index (χ1n) is 6.38. The van der Waals surface area contributed by atoms with Gasteiger partial charge in [0, 0.05) is 13.3 Å². The maximum absolute atomic E-state index is 10.5. The van der Waals surface area contributed by atoms with E-state index in [0.717, 1.165) is 25.7 Å². The largest absolute Gasteiger partial charge is 0.466 e. The molecule has 0 atom stereocenters. The first kappa shape index (κ1) is 17.1. The van der Waals surface area contributed by atoms with Gasteiger partial charge >= 0.3 is 5.97 Å². The Balaban J connectivity index is 3.38. The molecule has 3 nitrogen and oxygen atoms in total. The van der Waals surface area contributed by atoms with Gasteiger partial charge in [0.25, 0.3) is 0 Å². The van der Waals surface area contributed by atoms with Crippen LogP contribution >= 0.6 is 0 Å². The van der Waals surface area contributed by atoms with E-state index in [4.69, 9.17) is 9.84 Å². The van der Waals surface area contributed by atoms with Gasteiger partial charge < -0.3 is 9.84 Å². The molecular weight excluding hydrogens is 240 g/mol. The Kier molecular flexibility index (Phi) is 12.8. The topological polar surface area (TPSA) is 46.5 Å². The third-order valence-electron chi connectivity index (χ3n) is 2.06. The molecule has 0 unspecified atom stereocenters. The number of aliphatic hydroxyl groups excluding tert-OH is 1. The van der Waals surface area contributed by atoms with Crippen LogP contribution in [-0.2, 0) is 9.53 Å². The van der Waals surface area contributed by atoms with Crippen LogP contribution in [0.15, 0.2) is 0 Å². The average molecular weight is 260 g/mol. The molecule has 0 bridgehead atoms. The summed E-state index contributed by atoms with van der Waals surface area (Å²) in [5.41, 5.74) is 0. The molecule has 1 N–H and O–H groups in total. The molecule has 0 rings (SSSR count). The molecule has 19 heavy (non-hydrogen) atoms. The first-order chi connectivity index (χ1) is 9.27. The van der Waals surface area contributed by atoms with Crippen molar-refractivity contribution in [2.75, 3.05) is 13.2 Å². The van der Waals surface area contributed by atoms with E-state index in [0.29, 0.717) is 19.4 Å². The van der Waals surface area contributed by atoms with Crippen molar-refractivity contribution in [3.63, 3.8) is 0 Å². The number of carbonyl (C=O) groups excluding carboxylic acids is 1. The van der Waals surface area contributed by atoms with E-state index in [9.17, 15) is 4.79 Å². The van der Waals surface area contributed by atoms with Crippen molar-refractivity contribution in [1.82, 2.24) is 0 Å². The van der Waals surface area contributed by atoms with Crippen LogP contribution in [0.25, 0.3) is 0 Å². The molecule has 0 aliphatic heterocycles. The molecule has 0 aliphatic rings. The van der Waals surface area contributed by atoms with Crippen molar-refractivity contribution in [2.24, 2.45) is 0 Å². The lowest BCUT2D eigenvalue weighted by Gasteiger charge is -1.99. The maximum Gasteiger partial charge on any atom is 0.302 e. The highest BCUT2D eigenvalue weighted by Crippen LogP contribution is 1.99. The third kappa shape index (κ3) is 16.1. The van der Waals surface area contributed by atoms with Gasteiger partial charge in [-0.1, -0.05) is 29.6 Å². The molecule has 0 saturated heterocycles. The minimum Gasteiger partial charge on any atom is -0.466 e. The maximum atomic E-state index is 10.5. The Morgan fingerprint density at radius 2 is 1.58 bits per heavy atom. The summed E-state index contributed by atoms with van der Waals surface area (Å²) in [6, 6.07) is 0. The summed E-state index contributed by atoms with van der Waals surface area (Å²) < 4.78 is 4.82. The van der Waals surface area contributed by atoms with E-state index < -0.39 is 0 Å². The summed E-state index contributed by atoms with van der Waals surface area (Å²) in [5.74, 6) is 16.8. The van der Waals surface area contributed by atoms with Crippen LogP contribution in [0, 0.1) is 35.5 Å². The van der Waals surface area contributed by atoms with Crippen LogP contribution in [0.5, 0.6) is 0 Å². The van der Waals surface area contributed by atoms with E-state index in [2.05, 4.69) is 35.5 Å². The summed E-state index contributed by atoms with van der Waals surface area (Å²) in [6.45, 7) is 1.81. The van der Waals surface area contributed by atoms with Crippen LogP contribution in [-0.4, -0.2) is 24.3 Å². The van der Waals surface area contributed by atoms with Crippen LogP contribution in [0.3, 0.4) is 0 Å². The van der Waals surface area contributed by atoms with Gasteiger partial charge in [0.2, 0.25) is 0 Å². The van der Waals surface area contributed by atoms with Crippen molar-refractivity contribution in [3.05, 3.63) is 0 Å². The van der Waals surface area contributed by atoms with E-state index in [1.165, 1.54) is 6.92 Å². The molecular formula is C16H20O3. The number of hydrogen-bond donors (Lipinski definition) is 1. The fourth-order valence-corrected chi connectivity index (χ4v) is 1.19. The third-order valence-corrected chi connectivity index (χ3v) is 2.06. The predicted octanol–water partition coefficient (Wildman–Crippen LogP) is 1.89. The van der Waals surface area contributed by atoms with Gasteiger partial charge in [-0.25, -0.2) is 0 Å². The smallest absolute Gasteiger partial charge is 0.302 e. The molecule has 0 saturated carbocycles. The first-order valence-corrected chi connectivity index (χ1v) is 6.38. The molecule has 0 fully saturated rings. The summed E-state index contributed by atoms with van der Waals surface area (Å²) >= 11 is 0. The Hall–Kier alpha value is -1.89. The number of esters is 1. The van der Waals surface area contributed by atoms with Crippen LogP contribution in [0.4, 0.5) is 0 Å². The Morgan fingerprint density at radius 3 is 2.21 bits per heavy atom. The van der Waals surface area contributed by atoms with Crippen LogP contribution < -0.4 is 0 Å². The number of aliphatic hydroxyl groups is 1. The van der Waals surface area contributed by atoms with Gasteiger partial charge in [-0.2, -0.15) is 0 Å². The highest BCUT2D eigenvalue weighted by molar-refractivity contribution is 5.65. The summed E-state index contributed by atoms with van der Waals surface area (Å²) in [4.78, 5) is 10.5. The standard InChI is InChI=1S/C16H20O3/c1-16(18)19-15-13-11-9-7-5-3-2-4-6-8-10-12-14-17/h17H,2,7-9,11,13-15H2,1H3. The number of ether oxygens (including phenoxy) is 1. The highest BCUT2D eigenvalue weighted by Gasteiger charge is 1.91. The van der Waals surface area contributed by atoms with Gasteiger partial charge in [0.15, 0.2) is 0 Å². The lowest BCUT2D eigenvalue weighted by atomic mass is 10.2. The van der Waals surface area contributed by atoms with Gasteiger partial charge in [-0.3, -0.25) is 4.79 Å². The Labute approximate surface area is 115 Å². The minimum atomic E-state index is -0.220. The Bertz CT molecular complexity index is 418. The van der Waals surface area contributed by atoms with Crippen LogP contribution in [0.2, 0.25) is 0 Å². The second-order valence-electron chi connectivity index (χ2n) is 3.72. The number of hydrogen-bond acceptors (Lipinski definition) is 3. The number of unbranched alkanes of at least 4 members (excludes halogenated alkanes) is 3. The van der Waals surface area contributed by atoms with Crippen molar-refractivity contribution >= 4 is 5.97 Å². The molecule has 0 aromatic heterocycles. The quantitative estimate of drug-likeness (QED) is 0.466. The second kappa shape index (κ2) is 14.2. The van der Waals surface area contributed by atoms with Gasteiger partial charge in [-0.05, 0) is 19.3 Å². The Morgan fingerprint density at radius 1 is 0.947 bits per heavy atom. The van der Waals surface area contributed by atoms with E-state index >= 15 is 0 Å². The zero-order chi connectivity index (χ0) is 14.2. The monoisotopic (exact) mass is 260 g/mol. The fourth-order valence-electron chi connectivity index (χ4n) is 1.19. The molecule has 0 amide bonds. The van der Waals surface area contributed by atoms with Crippen molar-refractivity contribution < 1.29 is 14.6 Å². The summed E-state index contributed by atoms with van der Waals surface area (Å²) in [5, 5.41) is 8.40. The lowest BCUT2D eigenvalue weighted by molar-refractivity contribution is -0.141. The van der Waals surface area contributed by atoms with E-state index in [1.807, 2.05) is 0 Å².